The van der Waals surface area contributed by atoms with Gasteiger partial charge in [0, 0.05) is 23.3 Å². The SMILES string of the molecule is CC(=O)N[C@@H](Cc1ccccc1)C(=O)N[C@H](Cc1ccc(I)cc1)C(=O)O. The van der Waals surface area contributed by atoms with Gasteiger partial charge in [-0.2, -0.15) is 0 Å². The number of carbonyl (C=O) groups excluding carboxylic acids is 2. The zero-order valence-electron chi connectivity index (χ0n) is 14.8. The summed E-state index contributed by atoms with van der Waals surface area (Å²) in [5.41, 5.74) is 1.68. The summed E-state index contributed by atoms with van der Waals surface area (Å²) in [5, 5.41) is 14.6. The van der Waals surface area contributed by atoms with Gasteiger partial charge >= 0.3 is 5.97 Å². The first-order valence-corrected chi connectivity index (χ1v) is 9.51. The molecule has 0 saturated carbocycles. The Morgan fingerprint density at radius 1 is 0.889 bits per heavy atom. The summed E-state index contributed by atoms with van der Waals surface area (Å²) in [6.07, 6.45) is 0.443. The summed E-state index contributed by atoms with van der Waals surface area (Å²) >= 11 is 2.17. The lowest BCUT2D eigenvalue weighted by atomic mass is 10.0. The molecule has 142 valence electrons. The third-order valence-corrected chi connectivity index (χ3v) is 4.66. The molecule has 3 N–H and O–H groups in total. The second-order valence-electron chi connectivity index (χ2n) is 6.17. The van der Waals surface area contributed by atoms with Gasteiger partial charge in [0.05, 0.1) is 0 Å². The van der Waals surface area contributed by atoms with Gasteiger partial charge in [0.25, 0.3) is 0 Å². The Labute approximate surface area is 171 Å². The number of amides is 2. The van der Waals surface area contributed by atoms with Gasteiger partial charge in [0.1, 0.15) is 12.1 Å². The van der Waals surface area contributed by atoms with Crippen LogP contribution in [0, 0.1) is 3.57 Å². The van der Waals surface area contributed by atoms with E-state index in [1.54, 1.807) is 0 Å². The molecule has 0 saturated heterocycles. The quantitative estimate of drug-likeness (QED) is 0.505. The molecule has 2 amide bonds. The minimum atomic E-state index is -1.12. The van der Waals surface area contributed by atoms with Crippen LogP contribution < -0.4 is 10.6 Å². The summed E-state index contributed by atoms with van der Waals surface area (Å²) < 4.78 is 1.04. The molecule has 27 heavy (non-hydrogen) atoms. The number of hydrogen-bond donors (Lipinski definition) is 3. The maximum Gasteiger partial charge on any atom is 0.326 e. The molecule has 0 aliphatic carbocycles. The van der Waals surface area contributed by atoms with E-state index in [0.29, 0.717) is 0 Å². The van der Waals surface area contributed by atoms with Gasteiger partial charge in [0.2, 0.25) is 11.8 Å². The van der Waals surface area contributed by atoms with Crippen molar-refractivity contribution in [1.82, 2.24) is 10.6 Å². The topological polar surface area (TPSA) is 95.5 Å². The average molecular weight is 480 g/mol. The van der Waals surface area contributed by atoms with E-state index in [2.05, 4.69) is 33.2 Å². The molecule has 0 radical (unpaired) electrons. The lowest BCUT2D eigenvalue weighted by Crippen LogP contribution is -2.52. The lowest BCUT2D eigenvalue weighted by molar-refractivity contribution is -0.142. The number of halogens is 1. The second kappa shape index (κ2) is 10.1. The fourth-order valence-corrected chi connectivity index (χ4v) is 2.99. The number of hydrogen-bond acceptors (Lipinski definition) is 3. The van der Waals surface area contributed by atoms with E-state index >= 15 is 0 Å². The van der Waals surface area contributed by atoms with Crippen LogP contribution in [0.5, 0.6) is 0 Å². The molecule has 0 spiro atoms. The van der Waals surface area contributed by atoms with Gasteiger partial charge < -0.3 is 15.7 Å². The van der Waals surface area contributed by atoms with Gasteiger partial charge in [-0.3, -0.25) is 9.59 Å². The van der Waals surface area contributed by atoms with Crippen molar-refractivity contribution in [2.45, 2.75) is 31.8 Å². The maximum atomic E-state index is 12.7. The van der Waals surface area contributed by atoms with E-state index in [0.717, 1.165) is 14.7 Å². The third kappa shape index (κ3) is 7.01. The van der Waals surface area contributed by atoms with Crippen molar-refractivity contribution in [3.8, 4) is 0 Å². The predicted molar refractivity (Wildman–Crippen MR) is 110 cm³/mol. The van der Waals surface area contributed by atoms with Gasteiger partial charge in [-0.05, 0) is 45.9 Å². The van der Waals surface area contributed by atoms with Crippen LogP contribution >= 0.6 is 22.6 Å². The van der Waals surface area contributed by atoms with E-state index in [1.165, 1.54) is 6.92 Å². The maximum absolute atomic E-state index is 12.7. The first kappa shape index (κ1) is 20.9. The minimum Gasteiger partial charge on any atom is -0.480 e. The van der Waals surface area contributed by atoms with Gasteiger partial charge in [-0.1, -0.05) is 42.5 Å². The largest absolute Gasteiger partial charge is 0.480 e. The predicted octanol–water partition coefficient (Wildman–Crippen LogP) is 2.15. The van der Waals surface area contributed by atoms with Crippen molar-refractivity contribution in [2.75, 3.05) is 0 Å². The first-order chi connectivity index (χ1) is 12.8. The molecule has 2 rings (SSSR count). The number of carboxylic acids is 1. The highest BCUT2D eigenvalue weighted by Gasteiger charge is 2.26. The van der Waals surface area contributed by atoms with Crippen molar-refractivity contribution in [3.63, 3.8) is 0 Å². The molecule has 0 fully saturated rings. The van der Waals surface area contributed by atoms with Crippen molar-refractivity contribution < 1.29 is 19.5 Å². The summed E-state index contributed by atoms with van der Waals surface area (Å²) in [6.45, 7) is 1.32. The van der Waals surface area contributed by atoms with Crippen molar-refractivity contribution in [1.29, 1.82) is 0 Å². The van der Waals surface area contributed by atoms with E-state index in [4.69, 9.17) is 0 Å². The van der Waals surface area contributed by atoms with Crippen LogP contribution in [0.15, 0.2) is 54.6 Å². The van der Waals surface area contributed by atoms with Crippen LogP contribution in [0.2, 0.25) is 0 Å². The van der Waals surface area contributed by atoms with E-state index in [-0.39, 0.29) is 18.7 Å². The highest BCUT2D eigenvalue weighted by Crippen LogP contribution is 2.10. The highest BCUT2D eigenvalue weighted by atomic mass is 127. The average Bonchev–Trinajstić information content (AvgIpc) is 2.62. The van der Waals surface area contributed by atoms with E-state index in [1.807, 2.05) is 54.6 Å². The number of carboxylic acid groups (broad SMARTS) is 1. The van der Waals surface area contributed by atoms with Crippen molar-refractivity contribution in [3.05, 3.63) is 69.3 Å². The Balaban J connectivity index is 2.10. The van der Waals surface area contributed by atoms with Gasteiger partial charge in [-0.25, -0.2) is 4.79 Å². The number of carbonyl (C=O) groups is 3. The Kier molecular flexibility index (Phi) is 7.78. The number of benzene rings is 2. The molecule has 0 unspecified atom stereocenters. The zero-order valence-corrected chi connectivity index (χ0v) is 17.0. The Morgan fingerprint density at radius 3 is 2.00 bits per heavy atom. The molecule has 2 atom stereocenters. The fraction of sp³-hybridized carbons (Fsp3) is 0.250. The van der Waals surface area contributed by atoms with Gasteiger partial charge in [-0.15, -0.1) is 0 Å². The molecule has 0 aromatic heterocycles. The van der Waals surface area contributed by atoms with Crippen molar-refractivity contribution >= 4 is 40.4 Å². The number of aliphatic carboxylic acids is 1. The molecular weight excluding hydrogens is 459 g/mol. The fourth-order valence-electron chi connectivity index (χ4n) is 2.63. The highest BCUT2D eigenvalue weighted by molar-refractivity contribution is 14.1. The van der Waals surface area contributed by atoms with Crippen LogP contribution in [0.3, 0.4) is 0 Å². The second-order valence-corrected chi connectivity index (χ2v) is 7.42. The van der Waals surface area contributed by atoms with E-state index in [9.17, 15) is 19.5 Å². The standard InChI is InChI=1S/C20H21IN2O4/c1-13(24)22-17(11-14-5-3-2-4-6-14)19(25)23-18(20(26)27)12-15-7-9-16(21)10-8-15/h2-10,17-18H,11-12H2,1H3,(H,22,24)(H,23,25)(H,26,27)/t17-,18+/m0/s1. The molecule has 0 aliphatic heterocycles. The summed E-state index contributed by atoms with van der Waals surface area (Å²) in [5.74, 6) is -1.99. The lowest BCUT2D eigenvalue weighted by Gasteiger charge is -2.21. The molecule has 0 bridgehead atoms. The summed E-state index contributed by atoms with van der Waals surface area (Å²) in [7, 11) is 0. The first-order valence-electron chi connectivity index (χ1n) is 8.44. The van der Waals surface area contributed by atoms with Crippen LogP contribution in [0.1, 0.15) is 18.1 Å². The van der Waals surface area contributed by atoms with Gasteiger partial charge in [0.15, 0.2) is 0 Å². The van der Waals surface area contributed by atoms with Crippen molar-refractivity contribution in [2.24, 2.45) is 0 Å². The van der Waals surface area contributed by atoms with E-state index < -0.39 is 24.0 Å². The van der Waals surface area contributed by atoms with Crippen LogP contribution in [-0.2, 0) is 27.2 Å². The minimum absolute atomic E-state index is 0.163. The molecular formula is C20H21IN2O4. The molecule has 2 aromatic rings. The smallest absolute Gasteiger partial charge is 0.326 e. The van der Waals surface area contributed by atoms with Crippen LogP contribution in [0.25, 0.3) is 0 Å². The summed E-state index contributed by atoms with van der Waals surface area (Å²) in [6, 6.07) is 14.7. The Morgan fingerprint density at radius 2 is 1.44 bits per heavy atom. The monoisotopic (exact) mass is 480 g/mol. The number of nitrogens with one attached hydrogen (secondary N) is 2. The zero-order chi connectivity index (χ0) is 19.8. The third-order valence-electron chi connectivity index (χ3n) is 3.94. The molecule has 7 heteroatoms. The molecule has 0 aliphatic rings. The normalized spacial score (nSPS) is 12.7. The molecule has 6 nitrogen and oxygen atoms in total. The molecule has 2 aromatic carbocycles. The molecule has 0 heterocycles. The Bertz CT molecular complexity index is 793. The van der Waals surface area contributed by atoms with Crippen LogP contribution in [0.4, 0.5) is 0 Å². The van der Waals surface area contributed by atoms with Crippen LogP contribution in [-0.4, -0.2) is 35.0 Å². The number of rotatable bonds is 8. The Hall–Kier alpha value is -2.42. The summed E-state index contributed by atoms with van der Waals surface area (Å²) in [4.78, 5) is 35.7.